The summed E-state index contributed by atoms with van der Waals surface area (Å²) < 4.78 is 27.1. The summed E-state index contributed by atoms with van der Waals surface area (Å²) in [6, 6.07) is 2.83. The van der Waals surface area contributed by atoms with E-state index in [-0.39, 0.29) is 22.0 Å². The lowest BCUT2D eigenvalue weighted by Crippen LogP contribution is -2.04. The molecule has 0 radical (unpaired) electrons. The van der Waals surface area contributed by atoms with E-state index in [1.807, 2.05) is 0 Å². The number of rotatable bonds is 2. The van der Waals surface area contributed by atoms with Crippen molar-refractivity contribution in [2.75, 3.05) is 18.6 Å². The zero-order valence-electron chi connectivity index (χ0n) is 7.32. The number of nitrogen functional groups attached to an aromatic ring is 2. The molecule has 14 heavy (non-hydrogen) atoms. The van der Waals surface area contributed by atoms with Crippen LogP contribution < -0.4 is 16.2 Å². The lowest BCUT2D eigenvalue weighted by molar-refractivity contribution is 0.404. The van der Waals surface area contributed by atoms with Crippen molar-refractivity contribution in [2.24, 2.45) is 0 Å². The fraction of sp³-hybridized carbons (Fsp3) is 0.143. The molecule has 0 aromatic heterocycles. The van der Waals surface area contributed by atoms with Gasteiger partial charge >= 0.3 is 0 Å². The van der Waals surface area contributed by atoms with E-state index in [0.717, 1.165) is 0 Å². The molecule has 1 aromatic carbocycles. The molecule has 0 saturated carbocycles. The predicted molar refractivity (Wildman–Crippen MR) is 54.9 cm³/mol. The van der Waals surface area contributed by atoms with Gasteiger partial charge in [0.05, 0.1) is 18.5 Å². The monoisotopic (exact) mass is 236 g/mol. The average Bonchev–Trinajstić information content (AvgIpc) is 2.07. The first kappa shape index (κ1) is 10.9. The Labute approximate surface area is 86.0 Å². The smallest absolute Gasteiger partial charge is 0.267 e. The van der Waals surface area contributed by atoms with Crippen molar-refractivity contribution in [1.82, 2.24) is 0 Å². The summed E-state index contributed by atoms with van der Waals surface area (Å²) in [5.41, 5.74) is 11.0. The number of nitrogens with two attached hydrogens (primary N) is 2. The van der Waals surface area contributed by atoms with Gasteiger partial charge in [0.25, 0.3) is 9.05 Å². The molecule has 0 spiro atoms. The summed E-state index contributed by atoms with van der Waals surface area (Å²) in [7, 11) is 2.54. The summed E-state index contributed by atoms with van der Waals surface area (Å²) in [5, 5.41) is 0. The maximum atomic E-state index is 11.1. The highest BCUT2D eigenvalue weighted by molar-refractivity contribution is 8.14. The molecule has 78 valence electrons. The van der Waals surface area contributed by atoms with Crippen LogP contribution in [0.15, 0.2) is 17.0 Å². The third-order valence-electron chi connectivity index (χ3n) is 1.66. The van der Waals surface area contributed by atoms with E-state index in [2.05, 4.69) is 0 Å². The maximum Gasteiger partial charge on any atom is 0.267 e. The zero-order chi connectivity index (χ0) is 10.9. The van der Waals surface area contributed by atoms with Gasteiger partial charge in [-0.25, -0.2) is 8.42 Å². The van der Waals surface area contributed by atoms with Gasteiger partial charge in [0.1, 0.15) is 10.6 Å². The Balaban J connectivity index is 3.60. The second-order valence-corrected chi connectivity index (χ2v) is 5.04. The molecule has 0 aliphatic carbocycles. The highest BCUT2D eigenvalue weighted by Crippen LogP contribution is 2.35. The van der Waals surface area contributed by atoms with E-state index in [1.54, 1.807) is 0 Å². The lowest BCUT2D eigenvalue weighted by atomic mass is 10.2. The van der Waals surface area contributed by atoms with E-state index in [9.17, 15) is 8.42 Å². The van der Waals surface area contributed by atoms with Crippen LogP contribution in [0.3, 0.4) is 0 Å². The third-order valence-corrected chi connectivity index (χ3v) is 3.03. The van der Waals surface area contributed by atoms with Crippen molar-refractivity contribution in [1.29, 1.82) is 0 Å². The van der Waals surface area contributed by atoms with Crippen LogP contribution in [0.1, 0.15) is 0 Å². The predicted octanol–water partition coefficient (Wildman–Crippen LogP) is 0.787. The van der Waals surface area contributed by atoms with E-state index >= 15 is 0 Å². The van der Waals surface area contributed by atoms with Crippen molar-refractivity contribution in [3.8, 4) is 5.75 Å². The minimum Gasteiger partial charge on any atom is -0.495 e. The van der Waals surface area contributed by atoms with Crippen molar-refractivity contribution in [3.63, 3.8) is 0 Å². The van der Waals surface area contributed by atoms with E-state index in [4.69, 9.17) is 26.9 Å². The Hall–Kier alpha value is -1.14. The van der Waals surface area contributed by atoms with Crippen LogP contribution in [-0.2, 0) is 9.05 Å². The van der Waals surface area contributed by atoms with E-state index in [0.29, 0.717) is 0 Å². The number of ether oxygens (including phenoxy) is 1. The highest BCUT2D eigenvalue weighted by Gasteiger charge is 2.21. The van der Waals surface area contributed by atoms with Crippen LogP contribution in [0.25, 0.3) is 0 Å². The molecule has 7 heteroatoms. The summed E-state index contributed by atoms with van der Waals surface area (Å²) in [4.78, 5) is -0.290. The van der Waals surface area contributed by atoms with Crippen molar-refractivity contribution < 1.29 is 13.2 Å². The number of anilines is 2. The minimum atomic E-state index is -3.96. The summed E-state index contributed by atoms with van der Waals surface area (Å²) in [6.07, 6.45) is 0. The van der Waals surface area contributed by atoms with Gasteiger partial charge in [-0.2, -0.15) is 0 Å². The molecule has 1 rings (SSSR count). The molecule has 0 bridgehead atoms. The molecule has 0 amide bonds. The number of halogens is 1. The SMILES string of the molecule is COc1ccc(N)c(N)c1S(=O)(=O)Cl. The molecule has 1 aromatic rings. The van der Waals surface area contributed by atoms with Crippen molar-refractivity contribution in [2.45, 2.75) is 4.90 Å². The molecular formula is C7H9ClN2O3S. The Bertz CT molecular complexity index is 458. The van der Waals surface area contributed by atoms with Crippen LogP contribution in [-0.4, -0.2) is 15.5 Å². The molecule has 0 aliphatic rings. The molecule has 5 nitrogen and oxygen atoms in total. The Kier molecular flexibility index (Phi) is 2.77. The van der Waals surface area contributed by atoms with Gasteiger partial charge in [0.15, 0.2) is 0 Å². The van der Waals surface area contributed by atoms with Gasteiger partial charge in [-0.15, -0.1) is 0 Å². The molecule has 0 heterocycles. The first-order valence-electron chi connectivity index (χ1n) is 3.54. The maximum absolute atomic E-state index is 11.1. The second-order valence-electron chi connectivity index (χ2n) is 2.54. The summed E-state index contributed by atoms with van der Waals surface area (Å²) in [5.74, 6) is 0.0756. The van der Waals surface area contributed by atoms with Crippen LogP contribution in [0.5, 0.6) is 5.75 Å². The summed E-state index contributed by atoms with van der Waals surface area (Å²) >= 11 is 0. The zero-order valence-corrected chi connectivity index (χ0v) is 8.89. The van der Waals surface area contributed by atoms with Gasteiger partial charge in [0.2, 0.25) is 0 Å². The summed E-state index contributed by atoms with van der Waals surface area (Å²) in [6.45, 7) is 0. The molecule has 0 atom stereocenters. The fourth-order valence-corrected chi connectivity index (χ4v) is 2.26. The molecule has 4 N–H and O–H groups in total. The lowest BCUT2D eigenvalue weighted by Gasteiger charge is -2.09. The topological polar surface area (TPSA) is 95.4 Å². The average molecular weight is 237 g/mol. The standard InChI is InChI=1S/C7H9ClN2O3S/c1-13-5-3-2-4(9)6(10)7(5)14(8,11)12/h2-3H,9-10H2,1H3. The second kappa shape index (κ2) is 3.55. The van der Waals surface area contributed by atoms with Gasteiger partial charge in [0, 0.05) is 10.7 Å². The highest BCUT2D eigenvalue weighted by atomic mass is 35.7. The molecule has 0 unspecified atom stereocenters. The quantitative estimate of drug-likeness (QED) is 0.585. The third kappa shape index (κ3) is 1.85. The van der Waals surface area contributed by atoms with Crippen LogP contribution in [0, 0.1) is 0 Å². The van der Waals surface area contributed by atoms with Gasteiger partial charge < -0.3 is 16.2 Å². The van der Waals surface area contributed by atoms with Gasteiger partial charge in [-0.1, -0.05) is 0 Å². The first-order chi connectivity index (χ1) is 6.38. The number of methoxy groups -OCH3 is 1. The van der Waals surface area contributed by atoms with E-state index in [1.165, 1.54) is 19.2 Å². The molecule has 0 saturated heterocycles. The van der Waals surface area contributed by atoms with Crippen LogP contribution in [0.2, 0.25) is 0 Å². The normalized spacial score (nSPS) is 11.3. The van der Waals surface area contributed by atoms with Crippen LogP contribution in [0.4, 0.5) is 11.4 Å². The fourth-order valence-electron chi connectivity index (χ4n) is 1.01. The largest absolute Gasteiger partial charge is 0.495 e. The first-order valence-corrected chi connectivity index (χ1v) is 5.85. The number of benzene rings is 1. The Morgan fingerprint density at radius 3 is 2.36 bits per heavy atom. The van der Waals surface area contributed by atoms with Crippen molar-refractivity contribution in [3.05, 3.63) is 12.1 Å². The van der Waals surface area contributed by atoms with Gasteiger partial charge in [-0.05, 0) is 12.1 Å². The number of hydrogen-bond acceptors (Lipinski definition) is 5. The van der Waals surface area contributed by atoms with Gasteiger partial charge in [-0.3, -0.25) is 0 Å². The molecule has 0 fully saturated rings. The molecular weight excluding hydrogens is 228 g/mol. The Morgan fingerprint density at radius 1 is 1.36 bits per heavy atom. The Morgan fingerprint density at radius 2 is 1.93 bits per heavy atom. The number of hydrogen-bond donors (Lipinski definition) is 2. The minimum absolute atomic E-state index is 0.0756. The van der Waals surface area contributed by atoms with Crippen LogP contribution >= 0.6 is 10.7 Å². The van der Waals surface area contributed by atoms with E-state index < -0.39 is 9.05 Å². The van der Waals surface area contributed by atoms with Crippen molar-refractivity contribution >= 4 is 31.1 Å². The molecule has 0 aliphatic heterocycles.